The molecule has 0 amide bonds. The molecule has 0 unspecified atom stereocenters. The van der Waals surface area contributed by atoms with E-state index in [4.69, 9.17) is 17.0 Å². The minimum absolute atomic E-state index is 0.00586. The van der Waals surface area contributed by atoms with E-state index in [1.54, 1.807) is 9.47 Å². The van der Waals surface area contributed by atoms with Gasteiger partial charge in [0.1, 0.15) is 13.1 Å². The molecule has 1 aliphatic rings. The molecule has 1 fully saturated rings. The number of quaternary nitrogens is 1. The van der Waals surface area contributed by atoms with Gasteiger partial charge in [-0.15, -0.1) is 0 Å². The van der Waals surface area contributed by atoms with Crippen LogP contribution in [-0.2, 0) is 11.3 Å². The van der Waals surface area contributed by atoms with Crippen molar-refractivity contribution in [1.82, 2.24) is 9.55 Å². The van der Waals surface area contributed by atoms with Gasteiger partial charge in [-0.05, 0) is 24.4 Å². The quantitative estimate of drug-likeness (QED) is 0.802. The van der Waals surface area contributed by atoms with Gasteiger partial charge in [0, 0.05) is 13.0 Å². The van der Waals surface area contributed by atoms with Crippen LogP contribution in [0, 0.1) is 4.77 Å². The number of nitrogens with one attached hydrogen (secondary N) is 2. The molecule has 1 saturated heterocycles. The van der Waals surface area contributed by atoms with E-state index in [0.717, 1.165) is 44.8 Å². The minimum atomic E-state index is 0.00586. The third-order valence-corrected chi connectivity index (χ3v) is 4.32. The Bertz CT molecular complexity index is 732. The fourth-order valence-electron chi connectivity index (χ4n) is 2.80. The summed E-state index contributed by atoms with van der Waals surface area (Å²) < 4.78 is 7.54. The SMILES string of the molecule is O=c1c2ccccc2[nH]c(=S)n1CCC[NH+]1CCOCC1. The van der Waals surface area contributed by atoms with Gasteiger partial charge in [-0.1, -0.05) is 12.1 Å². The van der Waals surface area contributed by atoms with E-state index >= 15 is 0 Å². The van der Waals surface area contributed by atoms with Gasteiger partial charge < -0.3 is 14.6 Å². The zero-order valence-electron chi connectivity index (χ0n) is 11.9. The lowest BCUT2D eigenvalue weighted by Crippen LogP contribution is -3.14. The molecule has 1 aromatic carbocycles. The van der Waals surface area contributed by atoms with Crippen LogP contribution in [0.25, 0.3) is 10.9 Å². The van der Waals surface area contributed by atoms with Crippen LogP contribution < -0.4 is 10.5 Å². The molecule has 6 heteroatoms. The molecule has 0 radical (unpaired) electrons. The number of nitrogens with zero attached hydrogens (tertiary/aromatic N) is 1. The number of para-hydroxylation sites is 1. The Balaban J connectivity index is 1.74. The highest BCUT2D eigenvalue weighted by atomic mass is 32.1. The molecule has 5 nitrogen and oxygen atoms in total. The number of fused-ring (bicyclic) bond motifs is 1. The van der Waals surface area contributed by atoms with Crippen molar-refractivity contribution in [2.45, 2.75) is 13.0 Å². The monoisotopic (exact) mass is 306 g/mol. The number of rotatable bonds is 4. The Hall–Kier alpha value is -1.50. The van der Waals surface area contributed by atoms with Crippen molar-refractivity contribution in [3.63, 3.8) is 0 Å². The molecular formula is C15H20N3O2S+. The van der Waals surface area contributed by atoms with Crippen molar-refractivity contribution >= 4 is 23.1 Å². The van der Waals surface area contributed by atoms with Crippen molar-refractivity contribution < 1.29 is 9.64 Å². The number of ether oxygens (including phenoxy) is 1. The average molecular weight is 306 g/mol. The van der Waals surface area contributed by atoms with Crippen LogP contribution in [0.4, 0.5) is 0 Å². The minimum Gasteiger partial charge on any atom is -0.370 e. The van der Waals surface area contributed by atoms with Crippen LogP contribution in [-0.4, -0.2) is 42.4 Å². The molecule has 0 atom stereocenters. The molecule has 3 rings (SSSR count). The lowest BCUT2D eigenvalue weighted by molar-refractivity contribution is -0.908. The van der Waals surface area contributed by atoms with Crippen LogP contribution in [0.15, 0.2) is 29.1 Å². The van der Waals surface area contributed by atoms with Crippen LogP contribution in [0.5, 0.6) is 0 Å². The summed E-state index contributed by atoms with van der Waals surface area (Å²) in [4.78, 5) is 17.2. The van der Waals surface area contributed by atoms with Crippen molar-refractivity contribution in [2.24, 2.45) is 0 Å². The summed E-state index contributed by atoms with van der Waals surface area (Å²) in [6.07, 6.45) is 0.949. The van der Waals surface area contributed by atoms with E-state index in [0.29, 0.717) is 16.7 Å². The van der Waals surface area contributed by atoms with E-state index in [1.165, 1.54) is 0 Å². The number of benzene rings is 1. The highest BCUT2D eigenvalue weighted by Gasteiger charge is 2.13. The van der Waals surface area contributed by atoms with Crippen LogP contribution in [0.2, 0.25) is 0 Å². The van der Waals surface area contributed by atoms with E-state index in [2.05, 4.69) is 4.98 Å². The molecule has 0 spiro atoms. The predicted octanol–water partition coefficient (Wildman–Crippen LogP) is 0.364. The fourth-order valence-corrected chi connectivity index (χ4v) is 3.08. The lowest BCUT2D eigenvalue weighted by atomic mass is 10.2. The Morgan fingerprint density at radius 2 is 2.05 bits per heavy atom. The molecule has 2 heterocycles. The maximum absolute atomic E-state index is 12.5. The summed E-state index contributed by atoms with van der Waals surface area (Å²) in [6, 6.07) is 7.50. The number of aromatic amines is 1. The summed E-state index contributed by atoms with van der Waals surface area (Å²) in [6.45, 7) is 5.51. The van der Waals surface area contributed by atoms with Crippen molar-refractivity contribution in [3.05, 3.63) is 39.4 Å². The smallest absolute Gasteiger partial charge is 0.262 e. The van der Waals surface area contributed by atoms with Gasteiger partial charge in [0.2, 0.25) is 0 Å². The van der Waals surface area contributed by atoms with Gasteiger partial charge >= 0.3 is 0 Å². The van der Waals surface area contributed by atoms with Gasteiger partial charge in [0.25, 0.3) is 5.56 Å². The third-order valence-electron chi connectivity index (χ3n) is 4.00. The maximum atomic E-state index is 12.5. The van der Waals surface area contributed by atoms with E-state index in [-0.39, 0.29) is 5.56 Å². The Labute approximate surface area is 128 Å². The summed E-state index contributed by atoms with van der Waals surface area (Å²) in [5.41, 5.74) is 0.814. The first-order valence-corrected chi connectivity index (χ1v) is 7.80. The van der Waals surface area contributed by atoms with Crippen molar-refractivity contribution in [3.8, 4) is 0 Å². The summed E-state index contributed by atoms with van der Waals surface area (Å²) in [7, 11) is 0. The van der Waals surface area contributed by atoms with Crippen molar-refractivity contribution in [2.75, 3.05) is 32.8 Å². The molecule has 2 aromatic rings. The standard InChI is InChI=1S/C15H19N3O2S/c19-14-12-4-1-2-5-13(12)16-15(21)18(14)7-3-6-17-8-10-20-11-9-17/h1-2,4-5H,3,6-11H2,(H,16,21)/p+1. The topological polar surface area (TPSA) is 51.5 Å². The average Bonchev–Trinajstić information content (AvgIpc) is 2.51. The summed E-state index contributed by atoms with van der Waals surface area (Å²) in [5, 5.41) is 0.699. The molecule has 2 N–H and O–H groups in total. The van der Waals surface area contributed by atoms with Gasteiger partial charge in [-0.2, -0.15) is 0 Å². The second-order valence-corrected chi connectivity index (χ2v) is 5.79. The van der Waals surface area contributed by atoms with Gasteiger partial charge in [0.05, 0.1) is 30.7 Å². The number of H-pyrrole nitrogens is 1. The molecule has 0 bridgehead atoms. The molecule has 1 aromatic heterocycles. The first kappa shape index (κ1) is 14.4. The molecule has 0 saturated carbocycles. The second-order valence-electron chi connectivity index (χ2n) is 5.40. The van der Waals surface area contributed by atoms with Crippen LogP contribution in [0.3, 0.4) is 0 Å². The fraction of sp³-hybridized carbons (Fsp3) is 0.467. The van der Waals surface area contributed by atoms with Crippen molar-refractivity contribution in [1.29, 1.82) is 0 Å². The van der Waals surface area contributed by atoms with Crippen LogP contribution in [0.1, 0.15) is 6.42 Å². The number of morpholine rings is 1. The lowest BCUT2D eigenvalue weighted by Gasteiger charge is -2.23. The zero-order valence-corrected chi connectivity index (χ0v) is 12.7. The largest absolute Gasteiger partial charge is 0.370 e. The van der Waals surface area contributed by atoms with Gasteiger partial charge in [0.15, 0.2) is 4.77 Å². The number of hydrogen-bond donors (Lipinski definition) is 2. The van der Waals surface area contributed by atoms with E-state index in [9.17, 15) is 4.79 Å². The summed E-state index contributed by atoms with van der Waals surface area (Å²) in [5.74, 6) is 0. The molecule has 21 heavy (non-hydrogen) atoms. The van der Waals surface area contributed by atoms with Gasteiger partial charge in [-0.25, -0.2) is 0 Å². The molecular weight excluding hydrogens is 286 g/mol. The Morgan fingerprint density at radius 1 is 1.29 bits per heavy atom. The second kappa shape index (κ2) is 6.51. The maximum Gasteiger partial charge on any atom is 0.262 e. The normalized spacial score (nSPS) is 16.4. The van der Waals surface area contributed by atoms with E-state index in [1.807, 2.05) is 24.3 Å². The highest BCUT2D eigenvalue weighted by molar-refractivity contribution is 7.71. The highest BCUT2D eigenvalue weighted by Crippen LogP contribution is 2.05. The summed E-state index contributed by atoms with van der Waals surface area (Å²) >= 11 is 5.32. The molecule has 112 valence electrons. The first-order chi connectivity index (χ1) is 10.3. The zero-order chi connectivity index (χ0) is 14.7. The third kappa shape index (κ3) is 3.23. The Morgan fingerprint density at radius 3 is 2.86 bits per heavy atom. The number of hydrogen-bond acceptors (Lipinski definition) is 3. The Kier molecular flexibility index (Phi) is 4.48. The van der Waals surface area contributed by atoms with Crippen LogP contribution >= 0.6 is 12.2 Å². The first-order valence-electron chi connectivity index (χ1n) is 7.39. The predicted molar refractivity (Wildman–Crippen MR) is 84.4 cm³/mol. The van der Waals surface area contributed by atoms with E-state index < -0.39 is 0 Å². The number of aromatic nitrogens is 2. The molecule has 1 aliphatic heterocycles. The molecule has 0 aliphatic carbocycles. The van der Waals surface area contributed by atoms with Gasteiger partial charge in [-0.3, -0.25) is 9.36 Å².